The number of carbonyl (C=O) groups is 2. The van der Waals surface area contributed by atoms with E-state index >= 15 is 0 Å². The van der Waals surface area contributed by atoms with Gasteiger partial charge in [0.15, 0.2) is 6.61 Å². The Balaban J connectivity index is 1.41. The highest BCUT2D eigenvalue weighted by atomic mass is 16.6. The van der Waals surface area contributed by atoms with Crippen LogP contribution in [0.1, 0.15) is 58.4 Å². The van der Waals surface area contributed by atoms with Crippen molar-refractivity contribution in [3.63, 3.8) is 0 Å². The molecule has 2 heterocycles. The fourth-order valence-electron chi connectivity index (χ4n) is 3.06. The van der Waals surface area contributed by atoms with Crippen molar-refractivity contribution < 1.29 is 23.6 Å². The molecule has 1 aromatic heterocycles. The van der Waals surface area contributed by atoms with Gasteiger partial charge in [-0.05, 0) is 32.3 Å². The molecular weight excluding hydrogens is 386 g/mol. The first-order valence-electron chi connectivity index (χ1n) is 10.2. The third-order valence-electron chi connectivity index (χ3n) is 4.72. The van der Waals surface area contributed by atoms with Gasteiger partial charge in [-0.3, -0.25) is 4.79 Å². The van der Waals surface area contributed by atoms with Gasteiger partial charge >= 0.3 is 12.1 Å². The summed E-state index contributed by atoms with van der Waals surface area (Å²) in [6, 6.07) is 7.97. The Labute approximate surface area is 176 Å². The first-order valence-corrected chi connectivity index (χ1v) is 10.2. The molecule has 3 rings (SSSR count). The summed E-state index contributed by atoms with van der Waals surface area (Å²) >= 11 is 0. The number of carbonyl (C=O) groups excluding carboxylic acids is 2. The molecule has 8 nitrogen and oxygen atoms in total. The molecular formula is C22H29N3O5. The highest BCUT2D eigenvalue weighted by molar-refractivity contribution is 5.72. The molecule has 30 heavy (non-hydrogen) atoms. The Morgan fingerprint density at radius 1 is 1.20 bits per heavy atom. The lowest BCUT2D eigenvalue weighted by Gasteiger charge is -2.39. The number of hydrogen-bond donors (Lipinski definition) is 0. The van der Waals surface area contributed by atoms with Gasteiger partial charge in [0.25, 0.3) is 5.89 Å². The second-order valence-electron chi connectivity index (χ2n) is 8.90. The monoisotopic (exact) mass is 415 g/mol. The van der Waals surface area contributed by atoms with Crippen LogP contribution in [0.5, 0.6) is 0 Å². The van der Waals surface area contributed by atoms with Crippen LogP contribution in [0.25, 0.3) is 11.4 Å². The molecule has 0 bridgehead atoms. The number of hydrogen-bond acceptors (Lipinski definition) is 7. The van der Waals surface area contributed by atoms with Crippen LogP contribution in [0.4, 0.5) is 4.79 Å². The van der Waals surface area contributed by atoms with E-state index in [1.165, 1.54) is 5.56 Å². The Kier molecular flexibility index (Phi) is 6.43. The van der Waals surface area contributed by atoms with E-state index in [1.54, 1.807) is 4.90 Å². The maximum absolute atomic E-state index is 12.1. The molecule has 0 aliphatic carbocycles. The van der Waals surface area contributed by atoms with Crippen LogP contribution in [0.2, 0.25) is 0 Å². The number of esters is 1. The van der Waals surface area contributed by atoms with Crippen molar-refractivity contribution in [2.75, 3.05) is 13.1 Å². The zero-order valence-corrected chi connectivity index (χ0v) is 18.2. The second-order valence-corrected chi connectivity index (χ2v) is 8.90. The molecule has 8 heteroatoms. The Bertz CT molecular complexity index is 877. The molecule has 1 amide bonds. The molecule has 1 saturated heterocycles. The van der Waals surface area contributed by atoms with E-state index in [1.807, 2.05) is 45.0 Å². The topological polar surface area (TPSA) is 94.8 Å². The van der Waals surface area contributed by atoms with Crippen molar-refractivity contribution in [2.45, 2.75) is 59.2 Å². The molecule has 0 radical (unpaired) electrons. The standard InChI is InChI=1S/C22H29N3O5/c1-14(2)16-6-8-17(9-7-16)20-23-18(30-24-20)13-28-19(26)10-15-11-25(12-15)21(27)29-22(3,4)5/h6-9,14-15H,10-13H2,1-5H3. The van der Waals surface area contributed by atoms with Gasteiger partial charge in [0.05, 0.1) is 6.42 Å². The van der Waals surface area contributed by atoms with Gasteiger partial charge < -0.3 is 18.9 Å². The van der Waals surface area contributed by atoms with Crippen LogP contribution in [-0.2, 0) is 20.9 Å². The van der Waals surface area contributed by atoms with Gasteiger partial charge in [0.2, 0.25) is 5.82 Å². The zero-order chi connectivity index (χ0) is 21.9. The maximum atomic E-state index is 12.1. The minimum Gasteiger partial charge on any atom is -0.456 e. The van der Waals surface area contributed by atoms with Gasteiger partial charge in [-0.15, -0.1) is 0 Å². The molecule has 1 fully saturated rings. The lowest BCUT2D eigenvalue weighted by atomic mass is 9.97. The van der Waals surface area contributed by atoms with E-state index in [4.69, 9.17) is 14.0 Å². The van der Waals surface area contributed by atoms with Crippen molar-refractivity contribution in [2.24, 2.45) is 5.92 Å². The molecule has 162 valence electrons. The number of nitrogens with zero attached hydrogens (tertiary/aromatic N) is 3. The van der Waals surface area contributed by atoms with Crippen LogP contribution in [0.3, 0.4) is 0 Å². The summed E-state index contributed by atoms with van der Waals surface area (Å²) in [6.45, 7) is 10.6. The van der Waals surface area contributed by atoms with Crippen molar-refractivity contribution in [3.8, 4) is 11.4 Å². The second kappa shape index (κ2) is 8.85. The molecule has 0 saturated carbocycles. The Hall–Kier alpha value is -2.90. The van der Waals surface area contributed by atoms with Crippen molar-refractivity contribution in [1.29, 1.82) is 0 Å². The lowest BCUT2D eigenvalue weighted by Crippen LogP contribution is -2.52. The quantitative estimate of drug-likeness (QED) is 0.654. The SMILES string of the molecule is CC(C)c1ccc(-c2noc(COC(=O)CC3CN(C(=O)OC(C)(C)C)C3)n2)cc1. The van der Waals surface area contributed by atoms with Crippen LogP contribution in [-0.4, -0.2) is 45.8 Å². The first kappa shape index (κ1) is 21.8. The average molecular weight is 415 g/mol. The third-order valence-corrected chi connectivity index (χ3v) is 4.72. The van der Waals surface area contributed by atoms with Gasteiger partial charge in [-0.25, -0.2) is 4.79 Å². The van der Waals surface area contributed by atoms with Crippen LogP contribution >= 0.6 is 0 Å². The van der Waals surface area contributed by atoms with Crippen LogP contribution in [0, 0.1) is 5.92 Å². The van der Waals surface area contributed by atoms with Gasteiger partial charge in [-0.1, -0.05) is 43.3 Å². The van der Waals surface area contributed by atoms with Gasteiger partial charge in [0.1, 0.15) is 5.60 Å². The molecule has 0 atom stereocenters. The fraction of sp³-hybridized carbons (Fsp3) is 0.545. The third kappa shape index (κ3) is 5.81. The average Bonchev–Trinajstić information content (AvgIpc) is 3.10. The smallest absolute Gasteiger partial charge is 0.410 e. The van der Waals surface area contributed by atoms with E-state index < -0.39 is 5.60 Å². The molecule has 2 aromatic rings. The highest BCUT2D eigenvalue weighted by Gasteiger charge is 2.35. The highest BCUT2D eigenvalue weighted by Crippen LogP contribution is 2.23. The predicted molar refractivity (Wildman–Crippen MR) is 110 cm³/mol. The van der Waals surface area contributed by atoms with Crippen molar-refractivity contribution >= 4 is 12.1 Å². The summed E-state index contributed by atoms with van der Waals surface area (Å²) in [7, 11) is 0. The minimum absolute atomic E-state index is 0.0710. The molecule has 1 aliphatic heterocycles. The van der Waals surface area contributed by atoms with Crippen molar-refractivity contribution in [1.82, 2.24) is 15.0 Å². The number of benzene rings is 1. The summed E-state index contributed by atoms with van der Waals surface area (Å²) in [5.74, 6) is 0.873. The van der Waals surface area contributed by atoms with Crippen LogP contribution < -0.4 is 0 Å². The van der Waals surface area contributed by atoms with E-state index in [-0.39, 0.29) is 36.9 Å². The minimum atomic E-state index is -0.527. The summed E-state index contributed by atoms with van der Waals surface area (Å²) in [5, 5.41) is 3.95. The van der Waals surface area contributed by atoms with Gasteiger partial charge in [-0.2, -0.15) is 4.98 Å². The summed E-state index contributed by atoms with van der Waals surface area (Å²) in [4.78, 5) is 29.8. The van der Waals surface area contributed by atoms with E-state index in [0.29, 0.717) is 24.8 Å². The molecule has 0 N–H and O–H groups in total. The van der Waals surface area contributed by atoms with E-state index in [2.05, 4.69) is 24.0 Å². The Morgan fingerprint density at radius 3 is 2.47 bits per heavy atom. The van der Waals surface area contributed by atoms with E-state index in [0.717, 1.165) is 5.56 Å². The largest absolute Gasteiger partial charge is 0.456 e. The molecule has 0 spiro atoms. The first-order chi connectivity index (χ1) is 14.1. The van der Waals surface area contributed by atoms with Gasteiger partial charge in [0, 0.05) is 24.6 Å². The number of ether oxygens (including phenoxy) is 2. The fourth-order valence-corrected chi connectivity index (χ4v) is 3.06. The number of rotatable bonds is 6. The lowest BCUT2D eigenvalue weighted by molar-refractivity contribution is -0.148. The molecule has 0 unspecified atom stereocenters. The zero-order valence-electron chi connectivity index (χ0n) is 18.2. The normalized spacial score (nSPS) is 14.5. The number of aromatic nitrogens is 2. The predicted octanol–water partition coefficient (Wildman–Crippen LogP) is 4.16. The maximum Gasteiger partial charge on any atom is 0.410 e. The molecule has 1 aliphatic rings. The summed E-state index contributed by atoms with van der Waals surface area (Å²) in [6.07, 6.45) is -0.122. The Morgan fingerprint density at radius 2 is 1.87 bits per heavy atom. The molecule has 1 aromatic carbocycles. The van der Waals surface area contributed by atoms with Crippen molar-refractivity contribution in [3.05, 3.63) is 35.7 Å². The van der Waals surface area contributed by atoms with E-state index in [9.17, 15) is 9.59 Å². The van der Waals surface area contributed by atoms with Crippen LogP contribution in [0.15, 0.2) is 28.8 Å². The number of amides is 1. The summed E-state index contributed by atoms with van der Waals surface area (Å²) < 4.78 is 15.7. The number of likely N-dealkylation sites (tertiary alicyclic amines) is 1. The summed E-state index contributed by atoms with van der Waals surface area (Å²) in [5.41, 5.74) is 1.55.